The van der Waals surface area contributed by atoms with Crippen molar-refractivity contribution in [1.82, 2.24) is 20.2 Å². The molecule has 0 radical (unpaired) electrons. The van der Waals surface area contributed by atoms with Crippen LogP contribution in [-0.4, -0.2) is 39.8 Å². The Morgan fingerprint density at radius 2 is 2.11 bits per heavy atom. The van der Waals surface area contributed by atoms with Crippen LogP contribution in [0.25, 0.3) is 5.69 Å². The van der Waals surface area contributed by atoms with Crippen molar-refractivity contribution >= 4 is 23.2 Å². The van der Waals surface area contributed by atoms with Gasteiger partial charge in [-0.2, -0.15) is 4.68 Å². The fourth-order valence-electron chi connectivity index (χ4n) is 2.55. The van der Waals surface area contributed by atoms with E-state index in [4.69, 9.17) is 21.1 Å². The summed E-state index contributed by atoms with van der Waals surface area (Å²) in [7, 11) is 1.45. The molecule has 28 heavy (non-hydrogen) atoms. The quantitative estimate of drug-likeness (QED) is 0.675. The number of anilines is 1. The number of benzene rings is 2. The molecule has 0 aliphatic heterocycles. The van der Waals surface area contributed by atoms with E-state index in [1.807, 2.05) is 6.92 Å². The number of rotatable bonds is 6. The second kappa shape index (κ2) is 8.22. The SMILES string of the molecule is CCOc1c(Cl)cc(C(=O)Nc2ccc(F)c(-n3nnnc3C)c2)cc1OC. The van der Waals surface area contributed by atoms with E-state index >= 15 is 0 Å². The Morgan fingerprint density at radius 1 is 1.32 bits per heavy atom. The van der Waals surface area contributed by atoms with Gasteiger partial charge in [0.2, 0.25) is 0 Å². The minimum Gasteiger partial charge on any atom is -0.493 e. The summed E-state index contributed by atoms with van der Waals surface area (Å²) < 4.78 is 26.1. The summed E-state index contributed by atoms with van der Waals surface area (Å²) in [6.07, 6.45) is 0. The van der Waals surface area contributed by atoms with Gasteiger partial charge in [-0.15, -0.1) is 5.10 Å². The molecule has 1 amide bonds. The van der Waals surface area contributed by atoms with Crippen LogP contribution < -0.4 is 14.8 Å². The maximum Gasteiger partial charge on any atom is 0.255 e. The Morgan fingerprint density at radius 3 is 2.75 bits per heavy atom. The van der Waals surface area contributed by atoms with Gasteiger partial charge < -0.3 is 14.8 Å². The van der Waals surface area contributed by atoms with Crippen LogP contribution in [0.3, 0.4) is 0 Å². The molecule has 1 aromatic heterocycles. The number of nitrogens with zero attached hydrogens (tertiary/aromatic N) is 4. The zero-order valence-electron chi connectivity index (χ0n) is 15.4. The molecule has 3 aromatic rings. The Hall–Kier alpha value is -3.20. The van der Waals surface area contributed by atoms with Gasteiger partial charge in [-0.3, -0.25) is 4.79 Å². The topological polar surface area (TPSA) is 91.2 Å². The molecule has 1 heterocycles. The van der Waals surface area contributed by atoms with Crippen LogP contribution in [0.4, 0.5) is 10.1 Å². The minimum absolute atomic E-state index is 0.114. The van der Waals surface area contributed by atoms with Crippen LogP contribution in [-0.2, 0) is 0 Å². The summed E-state index contributed by atoms with van der Waals surface area (Å²) in [6, 6.07) is 7.08. The third-order valence-electron chi connectivity index (χ3n) is 3.84. The van der Waals surface area contributed by atoms with Crippen molar-refractivity contribution in [1.29, 1.82) is 0 Å². The highest BCUT2D eigenvalue weighted by molar-refractivity contribution is 6.32. The monoisotopic (exact) mass is 405 g/mol. The molecule has 0 bridgehead atoms. The molecular formula is C18H17ClFN5O3. The molecule has 0 aliphatic carbocycles. The second-order valence-electron chi connectivity index (χ2n) is 5.68. The van der Waals surface area contributed by atoms with Gasteiger partial charge in [0.15, 0.2) is 17.3 Å². The van der Waals surface area contributed by atoms with Crippen LogP contribution in [0.5, 0.6) is 11.5 Å². The first-order valence-electron chi connectivity index (χ1n) is 8.31. The van der Waals surface area contributed by atoms with Crippen molar-refractivity contribution < 1.29 is 18.7 Å². The molecule has 0 atom stereocenters. The highest BCUT2D eigenvalue weighted by Gasteiger charge is 2.17. The average molecular weight is 406 g/mol. The smallest absolute Gasteiger partial charge is 0.255 e. The fourth-order valence-corrected chi connectivity index (χ4v) is 2.81. The van der Waals surface area contributed by atoms with Gasteiger partial charge >= 0.3 is 0 Å². The van der Waals surface area contributed by atoms with E-state index in [1.54, 1.807) is 6.92 Å². The molecule has 3 rings (SSSR count). The number of aromatic nitrogens is 4. The number of ether oxygens (including phenoxy) is 2. The standard InChI is InChI=1S/C18H17ClFN5O3/c1-4-28-17-13(19)7-11(8-16(17)27-3)18(26)21-12-5-6-14(20)15(9-12)25-10(2)22-23-24-25/h5-9H,4H2,1-3H3,(H,21,26). The number of halogens is 2. The number of hydrogen-bond donors (Lipinski definition) is 1. The maximum absolute atomic E-state index is 14.2. The third-order valence-corrected chi connectivity index (χ3v) is 4.12. The van der Waals surface area contributed by atoms with E-state index in [-0.39, 0.29) is 16.3 Å². The number of aryl methyl sites for hydroxylation is 1. The van der Waals surface area contributed by atoms with Gasteiger partial charge in [0.25, 0.3) is 5.91 Å². The lowest BCUT2D eigenvalue weighted by Crippen LogP contribution is -2.13. The molecule has 10 heteroatoms. The fraction of sp³-hybridized carbons (Fsp3) is 0.222. The molecular weight excluding hydrogens is 389 g/mol. The molecule has 0 saturated carbocycles. The molecule has 8 nitrogen and oxygen atoms in total. The molecule has 2 aromatic carbocycles. The van der Waals surface area contributed by atoms with Crippen molar-refractivity contribution in [2.75, 3.05) is 19.0 Å². The highest BCUT2D eigenvalue weighted by Crippen LogP contribution is 2.36. The largest absolute Gasteiger partial charge is 0.493 e. The average Bonchev–Trinajstić information content (AvgIpc) is 3.10. The van der Waals surface area contributed by atoms with E-state index in [2.05, 4.69) is 20.8 Å². The van der Waals surface area contributed by atoms with Gasteiger partial charge in [-0.25, -0.2) is 4.39 Å². The van der Waals surface area contributed by atoms with E-state index in [0.29, 0.717) is 29.6 Å². The van der Waals surface area contributed by atoms with Crippen LogP contribution in [0, 0.1) is 12.7 Å². The van der Waals surface area contributed by atoms with Gasteiger partial charge in [0.1, 0.15) is 11.5 Å². The second-order valence-corrected chi connectivity index (χ2v) is 6.09. The lowest BCUT2D eigenvalue weighted by Gasteiger charge is -2.13. The Labute approximate surface area is 165 Å². The van der Waals surface area contributed by atoms with E-state index in [9.17, 15) is 9.18 Å². The molecule has 146 valence electrons. The predicted octanol–water partition coefficient (Wildman–Crippen LogP) is 3.42. The zero-order valence-corrected chi connectivity index (χ0v) is 16.1. The molecule has 0 saturated heterocycles. The number of carbonyl (C=O) groups excluding carboxylic acids is 1. The molecule has 0 aliphatic rings. The lowest BCUT2D eigenvalue weighted by atomic mass is 10.1. The maximum atomic E-state index is 14.2. The number of nitrogens with one attached hydrogen (secondary N) is 1. The number of carbonyl (C=O) groups is 1. The van der Waals surface area contributed by atoms with E-state index < -0.39 is 11.7 Å². The first kappa shape index (κ1) is 19.6. The van der Waals surface area contributed by atoms with Crippen LogP contribution in [0.2, 0.25) is 5.02 Å². The van der Waals surface area contributed by atoms with Crippen molar-refractivity contribution in [3.63, 3.8) is 0 Å². The molecule has 0 spiro atoms. The zero-order chi connectivity index (χ0) is 20.3. The Bertz CT molecular complexity index is 1020. The number of hydrogen-bond acceptors (Lipinski definition) is 6. The first-order chi connectivity index (χ1) is 13.4. The van der Waals surface area contributed by atoms with Gasteiger partial charge in [-0.1, -0.05) is 11.6 Å². The summed E-state index contributed by atoms with van der Waals surface area (Å²) in [5, 5.41) is 13.9. The van der Waals surface area contributed by atoms with Crippen LogP contribution in [0.1, 0.15) is 23.1 Å². The van der Waals surface area contributed by atoms with Crippen molar-refractivity contribution in [2.24, 2.45) is 0 Å². The summed E-state index contributed by atoms with van der Waals surface area (Å²) in [5.74, 6) is 0.129. The predicted molar refractivity (Wildman–Crippen MR) is 101 cm³/mol. The summed E-state index contributed by atoms with van der Waals surface area (Å²) >= 11 is 6.21. The van der Waals surface area contributed by atoms with Crippen LogP contribution >= 0.6 is 11.6 Å². The summed E-state index contributed by atoms with van der Waals surface area (Å²) in [4.78, 5) is 12.6. The normalized spacial score (nSPS) is 10.6. The van der Waals surface area contributed by atoms with Gasteiger partial charge in [0.05, 0.1) is 18.7 Å². The molecule has 0 unspecified atom stereocenters. The number of methoxy groups -OCH3 is 1. The van der Waals surface area contributed by atoms with Gasteiger partial charge in [0, 0.05) is 11.3 Å². The van der Waals surface area contributed by atoms with Crippen molar-refractivity contribution in [3.8, 4) is 17.2 Å². The number of amides is 1. The molecule has 1 N–H and O–H groups in total. The van der Waals surface area contributed by atoms with Crippen LogP contribution in [0.15, 0.2) is 30.3 Å². The van der Waals surface area contributed by atoms with E-state index in [0.717, 1.165) is 0 Å². The first-order valence-corrected chi connectivity index (χ1v) is 8.69. The summed E-state index contributed by atoms with van der Waals surface area (Å²) in [5.41, 5.74) is 0.734. The van der Waals surface area contributed by atoms with Crippen molar-refractivity contribution in [2.45, 2.75) is 13.8 Å². The van der Waals surface area contributed by atoms with Gasteiger partial charge in [-0.05, 0) is 54.6 Å². The highest BCUT2D eigenvalue weighted by atomic mass is 35.5. The third kappa shape index (κ3) is 3.89. The lowest BCUT2D eigenvalue weighted by molar-refractivity contribution is 0.102. The number of tetrazole rings is 1. The Balaban J connectivity index is 1.90. The minimum atomic E-state index is -0.529. The summed E-state index contributed by atoms with van der Waals surface area (Å²) in [6.45, 7) is 3.85. The Kier molecular flexibility index (Phi) is 5.74. The molecule has 0 fully saturated rings. The van der Waals surface area contributed by atoms with E-state index in [1.165, 1.54) is 42.1 Å². The van der Waals surface area contributed by atoms with Crippen molar-refractivity contribution in [3.05, 3.63) is 52.6 Å².